The van der Waals surface area contributed by atoms with Crippen molar-refractivity contribution in [2.45, 2.75) is 26.2 Å². The van der Waals surface area contributed by atoms with E-state index in [9.17, 15) is 9.59 Å². The molecule has 0 atom stereocenters. The van der Waals surface area contributed by atoms with Gasteiger partial charge in [-0.1, -0.05) is 62.4 Å². The summed E-state index contributed by atoms with van der Waals surface area (Å²) in [6.07, 6.45) is 0.697. The Labute approximate surface area is 136 Å². The first-order chi connectivity index (χ1) is 11.1. The Morgan fingerprint density at radius 1 is 0.913 bits per heavy atom. The van der Waals surface area contributed by atoms with Gasteiger partial charge in [0.1, 0.15) is 0 Å². The molecular weight excluding hydrogens is 288 g/mol. The molecule has 0 bridgehead atoms. The predicted octanol–water partition coefficient (Wildman–Crippen LogP) is 3.11. The zero-order valence-corrected chi connectivity index (χ0v) is 13.5. The average Bonchev–Trinajstić information content (AvgIpc) is 2.56. The highest BCUT2D eigenvalue weighted by atomic mass is 16.2. The number of anilines is 1. The van der Waals surface area contributed by atoms with E-state index in [1.54, 1.807) is 0 Å². The van der Waals surface area contributed by atoms with Crippen molar-refractivity contribution in [2.75, 3.05) is 11.9 Å². The summed E-state index contributed by atoms with van der Waals surface area (Å²) in [6.45, 7) is 4.53. The second kappa shape index (κ2) is 8.13. The van der Waals surface area contributed by atoms with E-state index in [4.69, 9.17) is 0 Å². The van der Waals surface area contributed by atoms with E-state index in [1.807, 2.05) is 68.4 Å². The minimum Gasteiger partial charge on any atom is -0.347 e. The van der Waals surface area contributed by atoms with Crippen molar-refractivity contribution in [3.05, 3.63) is 65.7 Å². The van der Waals surface area contributed by atoms with Crippen LogP contribution in [0.15, 0.2) is 54.6 Å². The first-order valence-corrected chi connectivity index (χ1v) is 7.80. The van der Waals surface area contributed by atoms with Gasteiger partial charge in [0.2, 0.25) is 0 Å². The molecular formula is C19H22N2O2. The monoisotopic (exact) mass is 310 g/mol. The highest BCUT2D eigenvalue weighted by Crippen LogP contribution is 2.23. The van der Waals surface area contributed by atoms with Gasteiger partial charge >= 0.3 is 11.8 Å². The van der Waals surface area contributed by atoms with Crippen LogP contribution in [0, 0.1) is 0 Å². The zero-order valence-electron chi connectivity index (χ0n) is 13.5. The number of carbonyl (C=O) groups is 2. The van der Waals surface area contributed by atoms with E-state index in [0.29, 0.717) is 18.7 Å². The Hall–Kier alpha value is -2.62. The van der Waals surface area contributed by atoms with Crippen molar-refractivity contribution in [1.29, 1.82) is 0 Å². The van der Waals surface area contributed by atoms with Gasteiger partial charge in [-0.05, 0) is 29.5 Å². The van der Waals surface area contributed by atoms with Crippen LogP contribution in [-0.4, -0.2) is 18.4 Å². The summed E-state index contributed by atoms with van der Waals surface area (Å²) in [5, 5.41) is 5.34. The fraction of sp³-hybridized carbons (Fsp3) is 0.263. The summed E-state index contributed by atoms with van der Waals surface area (Å²) in [4.78, 5) is 23.9. The number of nitrogens with one attached hydrogen (secondary N) is 2. The zero-order chi connectivity index (χ0) is 16.7. The maximum absolute atomic E-state index is 12.0. The van der Waals surface area contributed by atoms with Crippen LogP contribution in [0.1, 0.15) is 30.9 Å². The Kier molecular flexibility index (Phi) is 5.92. The van der Waals surface area contributed by atoms with Crippen LogP contribution in [0.4, 0.5) is 5.69 Å². The molecule has 0 aliphatic carbocycles. The van der Waals surface area contributed by atoms with Crippen LogP contribution < -0.4 is 10.6 Å². The first kappa shape index (κ1) is 16.7. The van der Waals surface area contributed by atoms with Crippen LogP contribution in [0.2, 0.25) is 0 Å². The Morgan fingerprint density at radius 3 is 2.26 bits per heavy atom. The van der Waals surface area contributed by atoms with Gasteiger partial charge in [0.15, 0.2) is 0 Å². The fourth-order valence-corrected chi connectivity index (χ4v) is 2.34. The van der Waals surface area contributed by atoms with Gasteiger partial charge in [-0.2, -0.15) is 0 Å². The van der Waals surface area contributed by atoms with Crippen molar-refractivity contribution in [2.24, 2.45) is 0 Å². The van der Waals surface area contributed by atoms with Crippen molar-refractivity contribution < 1.29 is 9.59 Å². The number of hydrogen-bond donors (Lipinski definition) is 2. The van der Waals surface area contributed by atoms with Crippen molar-refractivity contribution in [3.63, 3.8) is 0 Å². The molecule has 2 rings (SSSR count). The van der Waals surface area contributed by atoms with E-state index in [1.165, 1.54) is 0 Å². The van der Waals surface area contributed by atoms with E-state index >= 15 is 0 Å². The lowest BCUT2D eigenvalue weighted by atomic mass is 10.0. The van der Waals surface area contributed by atoms with Gasteiger partial charge in [-0.3, -0.25) is 9.59 Å². The van der Waals surface area contributed by atoms with Crippen molar-refractivity contribution in [1.82, 2.24) is 5.32 Å². The normalized spacial score (nSPS) is 10.4. The molecule has 0 saturated heterocycles. The summed E-state index contributed by atoms with van der Waals surface area (Å²) < 4.78 is 0. The van der Waals surface area contributed by atoms with E-state index in [2.05, 4.69) is 10.6 Å². The standard InChI is InChI=1S/C19H22N2O2/c1-14(2)16-10-6-7-11-17(16)21-19(23)18(22)20-13-12-15-8-4-3-5-9-15/h3-11,14H,12-13H2,1-2H3,(H,20,22)(H,21,23). The molecule has 2 aromatic carbocycles. The highest BCUT2D eigenvalue weighted by molar-refractivity contribution is 6.39. The van der Waals surface area contributed by atoms with Gasteiger partial charge in [0.05, 0.1) is 0 Å². The number of benzene rings is 2. The molecule has 4 nitrogen and oxygen atoms in total. The molecule has 2 N–H and O–H groups in total. The molecule has 4 heteroatoms. The van der Waals surface area contributed by atoms with E-state index in [0.717, 1.165) is 11.1 Å². The molecule has 0 aliphatic heterocycles. The molecule has 0 aliphatic rings. The third kappa shape index (κ3) is 4.95. The van der Waals surface area contributed by atoms with Crippen LogP contribution in [0.25, 0.3) is 0 Å². The minimum atomic E-state index is -0.633. The SMILES string of the molecule is CC(C)c1ccccc1NC(=O)C(=O)NCCc1ccccc1. The molecule has 0 spiro atoms. The second-order valence-corrected chi connectivity index (χ2v) is 5.69. The number of carbonyl (C=O) groups excluding carboxylic acids is 2. The molecule has 0 heterocycles. The lowest BCUT2D eigenvalue weighted by Crippen LogP contribution is -2.36. The van der Waals surface area contributed by atoms with E-state index < -0.39 is 11.8 Å². The number of rotatable bonds is 5. The Balaban J connectivity index is 1.87. The summed E-state index contributed by atoms with van der Waals surface area (Å²) in [5.74, 6) is -0.974. The highest BCUT2D eigenvalue weighted by Gasteiger charge is 2.15. The number of hydrogen-bond acceptors (Lipinski definition) is 2. The Bertz CT molecular complexity index is 666. The van der Waals surface area contributed by atoms with Crippen molar-refractivity contribution >= 4 is 17.5 Å². The summed E-state index contributed by atoms with van der Waals surface area (Å²) >= 11 is 0. The van der Waals surface area contributed by atoms with Crippen LogP contribution in [-0.2, 0) is 16.0 Å². The largest absolute Gasteiger partial charge is 0.347 e. The molecule has 0 fully saturated rings. The number of para-hydroxylation sites is 1. The van der Waals surface area contributed by atoms with E-state index in [-0.39, 0.29) is 5.92 Å². The van der Waals surface area contributed by atoms with Gasteiger partial charge in [-0.15, -0.1) is 0 Å². The lowest BCUT2D eigenvalue weighted by molar-refractivity contribution is -0.136. The smallest absolute Gasteiger partial charge is 0.313 e. The molecule has 120 valence electrons. The lowest BCUT2D eigenvalue weighted by Gasteiger charge is -2.13. The summed E-state index contributed by atoms with van der Waals surface area (Å²) in [7, 11) is 0. The third-order valence-corrected chi connectivity index (χ3v) is 3.58. The van der Waals surface area contributed by atoms with Crippen LogP contribution in [0.5, 0.6) is 0 Å². The fourth-order valence-electron chi connectivity index (χ4n) is 2.34. The van der Waals surface area contributed by atoms with Crippen molar-refractivity contribution in [3.8, 4) is 0 Å². The molecule has 2 aromatic rings. The Morgan fingerprint density at radius 2 is 1.57 bits per heavy atom. The maximum atomic E-state index is 12.0. The maximum Gasteiger partial charge on any atom is 0.313 e. The van der Waals surface area contributed by atoms with Gasteiger partial charge in [0, 0.05) is 12.2 Å². The first-order valence-electron chi connectivity index (χ1n) is 7.80. The van der Waals surface area contributed by atoms with Gasteiger partial charge in [0.25, 0.3) is 0 Å². The molecule has 0 radical (unpaired) electrons. The topological polar surface area (TPSA) is 58.2 Å². The summed E-state index contributed by atoms with van der Waals surface area (Å²) in [5.41, 5.74) is 2.82. The molecule has 0 saturated carbocycles. The summed E-state index contributed by atoms with van der Waals surface area (Å²) in [6, 6.07) is 17.4. The van der Waals surface area contributed by atoms with Crippen LogP contribution >= 0.6 is 0 Å². The second-order valence-electron chi connectivity index (χ2n) is 5.69. The predicted molar refractivity (Wildman–Crippen MR) is 92.3 cm³/mol. The minimum absolute atomic E-state index is 0.271. The molecule has 23 heavy (non-hydrogen) atoms. The number of amides is 2. The molecule has 2 amide bonds. The van der Waals surface area contributed by atoms with Gasteiger partial charge < -0.3 is 10.6 Å². The molecule has 0 aromatic heterocycles. The van der Waals surface area contributed by atoms with Gasteiger partial charge in [-0.25, -0.2) is 0 Å². The molecule has 0 unspecified atom stereocenters. The quantitative estimate of drug-likeness (QED) is 0.834. The van der Waals surface area contributed by atoms with Crippen LogP contribution in [0.3, 0.4) is 0 Å². The third-order valence-electron chi connectivity index (χ3n) is 3.58. The average molecular weight is 310 g/mol.